The molecule has 1 aromatic carbocycles. The highest BCUT2D eigenvalue weighted by Gasteiger charge is 2.22. The number of fused-ring (bicyclic) bond motifs is 1. The van der Waals surface area contributed by atoms with Crippen molar-refractivity contribution in [3.8, 4) is 17.7 Å². The van der Waals surface area contributed by atoms with Gasteiger partial charge in [-0.15, -0.1) is 0 Å². The van der Waals surface area contributed by atoms with E-state index < -0.39 is 10.0 Å². The summed E-state index contributed by atoms with van der Waals surface area (Å²) in [5.74, 6) is 0.602. The number of primary sulfonamides is 1. The van der Waals surface area contributed by atoms with Crippen molar-refractivity contribution in [2.45, 2.75) is 11.5 Å². The quantitative estimate of drug-likeness (QED) is 0.656. The Bertz CT molecular complexity index is 1090. The number of nitrogens with two attached hydrogens (primary N) is 1. The molecule has 0 radical (unpaired) electrons. The molecule has 3 aromatic rings. The molecule has 2 heterocycles. The number of sulfonamides is 1. The Morgan fingerprint density at radius 1 is 1.15 bits per heavy atom. The van der Waals surface area contributed by atoms with Gasteiger partial charge in [0.05, 0.1) is 26.3 Å². The minimum atomic E-state index is -3.98. The summed E-state index contributed by atoms with van der Waals surface area (Å²) in [4.78, 5) is 8.64. The summed E-state index contributed by atoms with van der Waals surface area (Å²) in [5, 5.41) is 6.15. The van der Waals surface area contributed by atoms with Crippen LogP contribution in [-0.2, 0) is 21.4 Å². The van der Waals surface area contributed by atoms with Crippen LogP contribution in [0.15, 0.2) is 29.3 Å². The monoisotopic (exact) mass is 412 g/mol. The van der Waals surface area contributed by atoms with Crippen molar-refractivity contribution in [2.24, 2.45) is 5.14 Å². The molecule has 0 saturated carbocycles. The fourth-order valence-electron chi connectivity index (χ4n) is 2.71. The van der Waals surface area contributed by atoms with Crippen molar-refractivity contribution in [3.05, 3.63) is 35.0 Å². The molecule has 0 aliphatic heterocycles. The summed E-state index contributed by atoms with van der Waals surface area (Å²) < 4.78 is 41.2. The SMILES string of the molecule is COCc1c(OC)nc(-n2cc(S(N)(=O)=O)c3ccc(Cl)cc32)nc1OC. The van der Waals surface area contributed by atoms with E-state index in [0.717, 1.165) is 0 Å². The smallest absolute Gasteiger partial charge is 0.240 e. The van der Waals surface area contributed by atoms with E-state index in [-0.39, 0.29) is 29.2 Å². The summed E-state index contributed by atoms with van der Waals surface area (Å²) in [6, 6.07) is 4.74. The van der Waals surface area contributed by atoms with Crippen LogP contribution in [0.25, 0.3) is 16.9 Å². The van der Waals surface area contributed by atoms with Crippen molar-refractivity contribution in [1.29, 1.82) is 0 Å². The molecule has 9 nitrogen and oxygen atoms in total. The number of hydrogen-bond donors (Lipinski definition) is 1. The lowest BCUT2D eigenvalue weighted by atomic mass is 10.2. The van der Waals surface area contributed by atoms with Crippen molar-refractivity contribution in [3.63, 3.8) is 0 Å². The average molecular weight is 413 g/mol. The Labute approximate surface area is 160 Å². The summed E-state index contributed by atoms with van der Waals surface area (Å²) in [5.41, 5.74) is 0.988. The fourth-order valence-corrected chi connectivity index (χ4v) is 3.61. The third-order valence-electron chi connectivity index (χ3n) is 3.85. The van der Waals surface area contributed by atoms with Crippen LogP contribution in [0.1, 0.15) is 5.56 Å². The topological polar surface area (TPSA) is 119 Å². The van der Waals surface area contributed by atoms with E-state index in [9.17, 15) is 8.42 Å². The van der Waals surface area contributed by atoms with Crippen molar-refractivity contribution in [2.75, 3.05) is 21.3 Å². The highest BCUT2D eigenvalue weighted by Crippen LogP contribution is 2.32. The van der Waals surface area contributed by atoms with E-state index in [2.05, 4.69) is 9.97 Å². The zero-order valence-electron chi connectivity index (χ0n) is 14.8. The molecule has 0 saturated heterocycles. The molecule has 2 N–H and O–H groups in total. The van der Waals surface area contributed by atoms with Gasteiger partial charge < -0.3 is 14.2 Å². The highest BCUT2D eigenvalue weighted by atomic mass is 35.5. The molecule has 27 heavy (non-hydrogen) atoms. The van der Waals surface area contributed by atoms with E-state index in [1.165, 1.54) is 32.1 Å². The molecule has 0 aliphatic carbocycles. The molecule has 144 valence electrons. The van der Waals surface area contributed by atoms with E-state index in [1.807, 2.05) is 0 Å². The Morgan fingerprint density at radius 3 is 2.30 bits per heavy atom. The van der Waals surface area contributed by atoms with Gasteiger partial charge in [0, 0.05) is 23.7 Å². The second-order valence-corrected chi connectivity index (χ2v) is 7.49. The molecule has 0 spiro atoms. The van der Waals surface area contributed by atoms with Crippen LogP contribution in [0.2, 0.25) is 5.02 Å². The Balaban J connectivity index is 2.34. The normalized spacial score (nSPS) is 11.7. The number of rotatable bonds is 6. The lowest BCUT2D eigenvalue weighted by molar-refractivity contribution is 0.176. The summed E-state index contributed by atoms with van der Waals surface area (Å²) >= 11 is 6.08. The van der Waals surface area contributed by atoms with Crippen LogP contribution in [0.5, 0.6) is 11.8 Å². The van der Waals surface area contributed by atoms with Gasteiger partial charge in [-0.3, -0.25) is 4.57 Å². The summed E-state index contributed by atoms with van der Waals surface area (Å²) in [7, 11) is 0.440. The fraction of sp³-hybridized carbons (Fsp3) is 0.250. The number of aromatic nitrogens is 3. The van der Waals surface area contributed by atoms with Crippen molar-refractivity contribution >= 4 is 32.5 Å². The molecule has 0 unspecified atom stereocenters. The van der Waals surface area contributed by atoms with Gasteiger partial charge in [0.2, 0.25) is 27.7 Å². The van der Waals surface area contributed by atoms with E-state index in [0.29, 0.717) is 21.5 Å². The second-order valence-electron chi connectivity index (χ2n) is 5.52. The largest absolute Gasteiger partial charge is 0.481 e. The predicted molar refractivity (Wildman–Crippen MR) is 99.1 cm³/mol. The van der Waals surface area contributed by atoms with Gasteiger partial charge in [-0.2, -0.15) is 9.97 Å². The molecule has 3 rings (SSSR count). The predicted octanol–water partition coefficient (Wildman–Crippen LogP) is 1.88. The summed E-state index contributed by atoms with van der Waals surface area (Å²) in [6.07, 6.45) is 1.33. The zero-order valence-corrected chi connectivity index (χ0v) is 16.3. The molecule has 0 bridgehead atoms. The molecule has 2 aromatic heterocycles. The maximum absolute atomic E-state index is 12.0. The van der Waals surface area contributed by atoms with Crippen molar-refractivity contribution < 1.29 is 22.6 Å². The number of ether oxygens (including phenoxy) is 3. The molecule has 0 aliphatic rings. The first-order valence-corrected chi connectivity index (χ1v) is 9.54. The van der Waals surface area contributed by atoms with Gasteiger partial charge in [0.1, 0.15) is 10.5 Å². The van der Waals surface area contributed by atoms with Gasteiger partial charge in [-0.05, 0) is 18.2 Å². The van der Waals surface area contributed by atoms with Crippen molar-refractivity contribution in [1.82, 2.24) is 14.5 Å². The number of nitrogens with zero attached hydrogens (tertiary/aromatic N) is 3. The first kappa shape index (κ1) is 19.4. The van der Waals surface area contributed by atoms with Gasteiger partial charge in [0.25, 0.3) is 0 Å². The minimum Gasteiger partial charge on any atom is -0.481 e. The van der Waals surface area contributed by atoms with Gasteiger partial charge in [0.15, 0.2) is 0 Å². The van der Waals surface area contributed by atoms with E-state index >= 15 is 0 Å². The number of hydrogen-bond acceptors (Lipinski definition) is 7. The highest BCUT2D eigenvalue weighted by molar-refractivity contribution is 7.89. The molecular formula is C16H17ClN4O5S. The van der Waals surface area contributed by atoms with Crippen LogP contribution in [0.4, 0.5) is 0 Å². The second kappa shape index (κ2) is 7.31. The Morgan fingerprint density at radius 2 is 1.78 bits per heavy atom. The molecular weight excluding hydrogens is 396 g/mol. The molecule has 11 heteroatoms. The lowest BCUT2D eigenvalue weighted by Crippen LogP contribution is -2.12. The van der Waals surface area contributed by atoms with Crippen LogP contribution in [0.3, 0.4) is 0 Å². The van der Waals surface area contributed by atoms with Gasteiger partial charge >= 0.3 is 0 Å². The van der Waals surface area contributed by atoms with Gasteiger partial charge in [-0.1, -0.05) is 11.6 Å². The van der Waals surface area contributed by atoms with E-state index in [4.69, 9.17) is 31.0 Å². The van der Waals surface area contributed by atoms with Crippen LogP contribution in [-0.4, -0.2) is 44.3 Å². The Hall–Kier alpha value is -2.40. The number of methoxy groups -OCH3 is 3. The average Bonchev–Trinajstić information content (AvgIpc) is 3.01. The maximum atomic E-state index is 12.0. The minimum absolute atomic E-state index is 0.0725. The van der Waals surface area contributed by atoms with Crippen LogP contribution >= 0.6 is 11.6 Å². The molecule has 0 amide bonds. The van der Waals surface area contributed by atoms with Gasteiger partial charge in [-0.25, -0.2) is 13.6 Å². The summed E-state index contributed by atoms with van der Waals surface area (Å²) in [6.45, 7) is 0.174. The lowest BCUT2D eigenvalue weighted by Gasteiger charge is -2.13. The molecule has 0 fully saturated rings. The maximum Gasteiger partial charge on any atom is 0.240 e. The standard InChI is InChI=1S/C16H17ClN4O5S/c1-24-8-11-14(25-2)19-16(20-15(11)26-3)21-7-13(27(18,22)23)10-5-4-9(17)6-12(10)21/h4-7H,8H2,1-3H3,(H2,18,22,23). The first-order chi connectivity index (χ1) is 12.8. The molecule has 0 atom stereocenters. The third kappa shape index (κ3) is 3.56. The third-order valence-corrected chi connectivity index (χ3v) is 5.02. The van der Waals surface area contributed by atoms with Crippen LogP contribution in [0, 0.1) is 0 Å². The zero-order chi connectivity index (χ0) is 19.8. The van der Waals surface area contributed by atoms with Crippen LogP contribution < -0.4 is 14.6 Å². The van der Waals surface area contributed by atoms with E-state index in [1.54, 1.807) is 18.2 Å². The Kier molecular flexibility index (Phi) is 5.24. The number of benzene rings is 1. The first-order valence-electron chi connectivity index (χ1n) is 7.61. The number of halogens is 1.